The smallest absolute Gasteiger partial charge is 0.289 e. The Morgan fingerprint density at radius 2 is 2.50 bits per heavy atom. The molecule has 3 N–H and O–H groups in total. The lowest BCUT2D eigenvalue weighted by atomic mass is 10.4. The van der Waals surface area contributed by atoms with E-state index in [-0.39, 0.29) is 5.91 Å². The van der Waals surface area contributed by atoms with E-state index in [4.69, 9.17) is 12.2 Å². The van der Waals surface area contributed by atoms with Crippen LogP contribution in [-0.4, -0.2) is 21.7 Å². The Balaban J connectivity index is 2.55. The summed E-state index contributed by atoms with van der Waals surface area (Å²) >= 11 is 6.11. The van der Waals surface area contributed by atoms with E-state index >= 15 is 0 Å². The number of rotatable bonds is 0. The van der Waals surface area contributed by atoms with Crippen molar-refractivity contribution in [2.24, 2.45) is 0 Å². The van der Waals surface area contributed by atoms with Gasteiger partial charge in [0, 0.05) is 6.54 Å². The predicted octanol–water partition coefficient (Wildman–Crippen LogP) is -0.216. The van der Waals surface area contributed by atoms with Crippen molar-refractivity contribution in [3.63, 3.8) is 0 Å². The first-order valence-electron chi connectivity index (χ1n) is 3.02. The molecule has 1 fully saturated rings. The van der Waals surface area contributed by atoms with Crippen molar-refractivity contribution in [1.29, 1.82) is 0 Å². The molecule has 1 rings (SSSR count). The molecule has 1 aliphatic rings. The van der Waals surface area contributed by atoms with Gasteiger partial charge in [0.1, 0.15) is 11.9 Å². The Hall–Kier alpha value is -0.130. The minimum atomic E-state index is 0.140. The van der Waals surface area contributed by atoms with Crippen LogP contribution in [0.1, 0.15) is 12.8 Å². The third-order valence-electron chi connectivity index (χ3n) is 1.42. The Labute approximate surface area is 69.1 Å². The van der Waals surface area contributed by atoms with E-state index < -0.39 is 0 Å². The highest BCUT2D eigenvalue weighted by Crippen LogP contribution is 2.13. The summed E-state index contributed by atoms with van der Waals surface area (Å²) in [5.41, 5.74) is 0. The molecule has 1 aliphatic heterocycles. The Morgan fingerprint density at radius 3 is 2.90 bits per heavy atom. The number of amides is 1. The summed E-state index contributed by atoms with van der Waals surface area (Å²) in [6.07, 6.45) is 1.57. The number of quaternary nitrogens is 1. The van der Waals surface area contributed by atoms with Gasteiger partial charge < -0.3 is 0 Å². The maximum atomic E-state index is 11.0. The fourth-order valence-corrected chi connectivity index (χ4v) is 1.46. The molecule has 10 heavy (non-hydrogen) atoms. The summed E-state index contributed by atoms with van der Waals surface area (Å²) < 4.78 is 0.600. The number of thiocarbonyl (C=S) groups is 1. The van der Waals surface area contributed by atoms with Crippen LogP contribution in [0.4, 0.5) is 0 Å². The van der Waals surface area contributed by atoms with E-state index in [0.717, 1.165) is 13.0 Å². The van der Waals surface area contributed by atoms with Crippen LogP contribution in [0.25, 0.3) is 0 Å². The van der Waals surface area contributed by atoms with Gasteiger partial charge in [-0.3, -0.25) is 5.14 Å². The summed E-state index contributed by atoms with van der Waals surface area (Å²) in [7, 11) is 0. The Kier molecular flexibility index (Phi) is 2.64. The number of hydrogen-bond acceptors (Lipinski definition) is 3. The fraction of sp³-hybridized carbons (Fsp3) is 0.600. The molecule has 1 saturated heterocycles. The minimum Gasteiger partial charge on any atom is -0.289 e. The first-order chi connectivity index (χ1) is 4.75. The molecule has 0 aromatic rings. The molecule has 0 bridgehead atoms. The van der Waals surface area contributed by atoms with Crippen molar-refractivity contribution in [3.05, 3.63) is 0 Å². The van der Waals surface area contributed by atoms with Gasteiger partial charge in [-0.25, -0.2) is 4.90 Å². The maximum Gasteiger partial charge on any atom is 0.548 e. The largest absolute Gasteiger partial charge is 0.548 e. The zero-order valence-electron chi connectivity index (χ0n) is 5.50. The van der Waals surface area contributed by atoms with Crippen LogP contribution in [-0.2, 0) is 4.79 Å². The van der Waals surface area contributed by atoms with E-state index in [0.29, 0.717) is 10.7 Å². The topological polar surface area (TPSA) is 50.8 Å². The third-order valence-corrected chi connectivity index (χ3v) is 2.46. The second-order valence-corrected chi connectivity index (χ2v) is 3.38. The molecule has 0 spiro atoms. The number of carbonyl (C=O) groups is 1. The molecule has 0 unspecified atom stereocenters. The van der Waals surface area contributed by atoms with Gasteiger partial charge in [-0.05, 0) is 18.6 Å². The van der Waals surface area contributed by atoms with Crippen molar-refractivity contribution in [2.45, 2.75) is 12.8 Å². The molecule has 1 amide bonds. The molecular weight excluding hydrogens is 168 g/mol. The number of carbonyl (C=O) groups excluding carboxylic acids is 1. The van der Waals surface area contributed by atoms with Crippen molar-refractivity contribution >= 4 is 34.4 Å². The predicted molar refractivity (Wildman–Crippen MR) is 44.0 cm³/mol. The summed E-state index contributed by atoms with van der Waals surface area (Å²) in [6.45, 7) is 0.778. The first-order valence-corrected chi connectivity index (χ1v) is 4.41. The molecule has 0 aromatic heterocycles. The maximum absolute atomic E-state index is 11.0. The van der Waals surface area contributed by atoms with Gasteiger partial charge in [-0.15, -0.1) is 0 Å². The molecule has 5 heteroatoms. The molecule has 1 radical (unpaired) electrons. The van der Waals surface area contributed by atoms with E-state index in [1.54, 1.807) is 4.90 Å². The SMILES string of the molecule is [NH3+]SC(=S)N1CCCC1=[O+]. The Morgan fingerprint density at radius 1 is 1.80 bits per heavy atom. The number of likely N-dealkylation sites (tertiary alicyclic amines) is 1. The van der Waals surface area contributed by atoms with Crippen molar-refractivity contribution in [3.8, 4) is 0 Å². The zero-order valence-corrected chi connectivity index (χ0v) is 7.13. The van der Waals surface area contributed by atoms with Crippen LogP contribution in [0.15, 0.2) is 0 Å². The van der Waals surface area contributed by atoms with E-state index in [2.05, 4.69) is 5.14 Å². The molecule has 0 saturated carbocycles. The number of nitrogens with zero attached hydrogens (tertiary/aromatic N) is 1. The van der Waals surface area contributed by atoms with Gasteiger partial charge in [0.05, 0.1) is 6.42 Å². The summed E-state index contributed by atoms with van der Waals surface area (Å²) in [6, 6.07) is 0. The van der Waals surface area contributed by atoms with Crippen LogP contribution >= 0.6 is 24.2 Å². The van der Waals surface area contributed by atoms with E-state index in [9.17, 15) is 4.79 Å². The highest BCUT2D eigenvalue weighted by molar-refractivity contribution is 8.18. The highest BCUT2D eigenvalue weighted by atomic mass is 32.2. The summed E-state index contributed by atoms with van der Waals surface area (Å²) in [5.74, 6) is 0.140. The molecule has 0 atom stereocenters. The van der Waals surface area contributed by atoms with Gasteiger partial charge in [-0.1, -0.05) is 0 Å². The highest BCUT2D eigenvalue weighted by Gasteiger charge is 2.35. The Bertz CT molecular complexity index is 171. The molecule has 0 aliphatic carbocycles. The monoisotopic (exact) mass is 177 g/mol. The van der Waals surface area contributed by atoms with Crippen LogP contribution < -0.4 is 5.14 Å². The van der Waals surface area contributed by atoms with E-state index in [1.807, 2.05) is 0 Å². The van der Waals surface area contributed by atoms with Crippen molar-refractivity contribution < 1.29 is 9.93 Å². The molecular formula is C5H9N2OS2+2. The van der Waals surface area contributed by atoms with Gasteiger partial charge in [-0.2, -0.15) is 0 Å². The van der Waals surface area contributed by atoms with Gasteiger partial charge in [0.2, 0.25) is 9.12 Å². The normalized spacial score (nSPS) is 18.1. The van der Waals surface area contributed by atoms with Crippen LogP contribution in [0.3, 0.4) is 0 Å². The second-order valence-electron chi connectivity index (χ2n) is 2.06. The third kappa shape index (κ3) is 1.47. The lowest BCUT2D eigenvalue weighted by molar-refractivity contribution is -0.135. The lowest BCUT2D eigenvalue weighted by Gasteiger charge is -2.03. The summed E-state index contributed by atoms with van der Waals surface area (Å²) in [4.78, 5) is 12.6. The molecule has 0 aromatic carbocycles. The first kappa shape index (κ1) is 7.97. The second kappa shape index (κ2) is 3.32. The van der Waals surface area contributed by atoms with Crippen LogP contribution in [0.5, 0.6) is 0 Å². The van der Waals surface area contributed by atoms with Gasteiger partial charge >= 0.3 is 5.91 Å². The summed E-state index contributed by atoms with van der Waals surface area (Å²) in [5, 5.41) is 3.55. The minimum absolute atomic E-state index is 0.140. The molecule has 3 nitrogen and oxygen atoms in total. The van der Waals surface area contributed by atoms with Gasteiger partial charge in [0.25, 0.3) is 0 Å². The molecule has 55 valence electrons. The molecule has 1 heterocycles. The van der Waals surface area contributed by atoms with Crippen LogP contribution in [0, 0.1) is 0 Å². The quantitative estimate of drug-likeness (QED) is 0.316. The average molecular weight is 177 g/mol. The lowest BCUT2D eigenvalue weighted by Crippen LogP contribution is -2.43. The van der Waals surface area contributed by atoms with E-state index in [1.165, 1.54) is 11.9 Å². The average Bonchev–Trinajstić information content (AvgIpc) is 2.34. The standard InChI is InChI=1S/C5H8N2OS2/c6-10-5(9)7-3-1-2-4(7)8/h1-3,6H2/q+1/p+1. The van der Waals surface area contributed by atoms with Gasteiger partial charge in [0.15, 0.2) is 0 Å². The fourth-order valence-electron chi connectivity index (χ4n) is 0.919. The van der Waals surface area contributed by atoms with Crippen molar-refractivity contribution in [2.75, 3.05) is 6.54 Å². The van der Waals surface area contributed by atoms with Crippen LogP contribution in [0.2, 0.25) is 0 Å². The number of hydrogen-bond donors (Lipinski definition) is 1. The zero-order chi connectivity index (χ0) is 7.56. The van der Waals surface area contributed by atoms with Crippen molar-refractivity contribution in [1.82, 2.24) is 4.90 Å².